The maximum Gasteiger partial charge on any atom is 0.146 e. The molecule has 0 bridgehead atoms. The van der Waals surface area contributed by atoms with Crippen LogP contribution >= 0.6 is 0 Å². The Labute approximate surface area is 137 Å². The highest BCUT2D eigenvalue weighted by Gasteiger charge is 2.17. The van der Waals surface area contributed by atoms with Crippen LogP contribution in [-0.4, -0.2) is 28.4 Å². The molecule has 0 spiro atoms. The third-order valence-electron chi connectivity index (χ3n) is 3.55. The summed E-state index contributed by atoms with van der Waals surface area (Å²) in [6.07, 6.45) is 0. The number of anilines is 2. The number of aryl methyl sites for hydroxylation is 2. The predicted molar refractivity (Wildman–Crippen MR) is 91.8 cm³/mol. The number of benzene rings is 2. The van der Waals surface area contributed by atoms with E-state index < -0.39 is 0 Å². The smallest absolute Gasteiger partial charge is 0.146 e. The zero-order chi connectivity index (χ0) is 17.0. The molecule has 2 rings (SSSR count). The van der Waals surface area contributed by atoms with Crippen LogP contribution in [-0.2, 0) is 0 Å². The van der Waals surface area contributed by atoms with E-state index in [0.717, 1.165) is 22.5 Å². The maximum absolute atomic E-state index is 5.49. The summed E-state index contributed by atoms with van der Waals surface area (Å²) in [6, 6.07) is 7.77. The number of ether oxygens (including phenoxy) is 4. The van der Waals surface area contributed by atoms with Gasteiger partial charge in [0.2, 0.25) is 0 Å². The second-order valence-corrected chi connectivity index (χ2v) is 5.21. The van der Waals surface area contributed by atoms with E-state index in [0.29, 0.717) is 23.0 Å². The normalized spacial score (nSPS) is 10.2. The highest BCUT2D eigenvalue weighted by Crippen LogP contribution is 2.44. The van der Waals surface area contributed by atoms with Crippen LogP contribution in [0.3, 0.4) is 0 Å². The molecule has 0 radical (unpaired) electrons. The van der Waals surface area contributed by atoms with Crippen LogP contribution in [0.2, 0.25) is 0 Å². The molecule has 0 atom stereocenters. The van der Waals surface area contributed by atoms with Gasteiger partial charge in [0.25, 0.3) is 0 Å². The number of nitrogens with one attached hydrogen (secondary N) is 1. The first-order valence-corrected chi connectivity index (χ1v) is 7.26. The molecule has 0 unspecified atom stereocenters. The van der Waals surface area contributed by atoms with Gasteiger partial charge in [-0.1, -0.05) is 0 Å². The molecule has 5 heteroatoms. The molecular weight excluding hydrogens is 294 g/mol. The van der Waals surface area contributed by atoms with Gasteiger partial charge in [-0.2, -0.15) is 0 Å². The molecule has 0 fully saturated rings. The van der Waals surface area contributed by atoms with Crippen molar-refractivity contribution in [3.8, 4) is 23.0 Å². The van der Waals surface area contributed by atoms with Crippen molar-refractivity contribution >= 4 is 11.4 Å². The Morgan fingerprint density at radius 2 is 0.826 bits per heavy atom. The summed E-state index contributed by atoms with van der Waals surface area (Å²) in [4.78, 5) is 0. The monoisotopic (exact) mass is 317 g/mol. The van der Waals surface area contributed by atoms with Crippen LogP contribution in [0.4, 0.5) is 11.4 Å². The van der Waals surface area contributed by atoms with E-state index in [4.69, 9.17) is 18.9 Å². The molecule has 2 aromatic carbocycles. The minimum absolute atomic E-state index is 0.687. The van der Waals surface area contributed by atoms with Gasteiger partial charge in [0, 0.05) is 0 Å². The molecule has 0 aliphatic carbocycles. The van der Waals surface area contributed by atoms with Crippen LogP contribution in [0, 0.1) is 13.8 Å². The maximum atomic E-state index is 5.49. The molecule has 0 saturated carbocycles. The van der Waals surface area contributed by atoms with E-state index >= 15 is 0 Å². The molecule has 124 valence electrons. The molecule has 1 N–H and O–H groups in total. The third kappa shape index (κ3) is 3.44. The van der Waals surface area contributed by atoms with E-state index in [1.807, 2.05) is 38.1 Å². The Balaban J connectivity index is 2.59. The van der Waals surface area contributed by atoms with Crippen molar-refractivity contribution in [1.29, 1.82) is 0 Å². The van der Waals surface area contributed by atoms with Crippen LogP contribution in [0.25, 0.3) is 0 Å². The largest absolute Gasteiger partial charge is 0.494 e. The molecule has 0 aliphatic rings. The van der Waals surface area contributed by atoms with Gasteiger partial charge >= 0.3 is 0 Å². The molecule has 2 aromatic rings. The lowest BCUT2D eigenvalue weighted by Crippen LogP contribution is -2.03. The second kappa shape index (κ2) is 7.13. The lowest BCUT2D eigenvalue weighted by atomic mass is 10.1. The van der Waals surface area contributed by atoms with E-state index in [1.165, 1.54) is 0 Å². The summed E-state index contributed by atoms with van der Waals surface area (Å²) >= 11 is 0. The minimum Gasteiger partial charge on any atom is -0.494 e. The van der Waals surface area contributed by atoms with E-state index in [9.17, 15) is 0 Å². The highest BCUT2D eigenvalue weighted by molar-refractivity contribution is 5.80. The van der Waals surface area contributed by atoms with Gasteiger partial charge in [-0.3, -0.25) is 0 Å². The Bertz CT molecular complexity index is 588. The molecule has 0 saturated heterocycles. The minimum atomic E-state index is 0.687. The van der Waals surface area contributed by atoms with Crippen molar-refractivity contribution < 1.29 is 18.9 Å². The summed E-state index contributed by atoms with van der Waals surface area (Å²) in [5, 5.41) is 3.34. The fraction of sp³-hybridized carbons (Fsp3) is 0.333. The Morgan fingerprint density at radius 1 is 0.565 bits per heavy atom. The first-order valence-electron chi connectivity index (χ1n) is 7.26. The molecule has 0 aromatic heterocycles. The topological polar surface area (TPSA) is 49.0 Å². The molecule has 5 nitrogen and oxygen atoms in total. The number of methoxy groups -OCH3 is 4. The summed E-state index contributed by atoms with van der Waals surface area (Å²) < 4.78 is 21.9. The lowest BCUT2D eigenvalue weighted by Gasteiger charge is -2.20. The highest BCUT2D eigenvalue weighted by atomic mass is 16.5. The summed E-state index contributed by atoms with van der Waals surface area (Å²) in [7, 11) is 6.51. The molecule has 23 heavy (non-hydrogen) atoms. The van der Waals surface area contributed by atoms with Crippen LogP contribution < -0.4 is 24.3 Å². The van der Waals surface area contributed by atoms with Crippen molar-refractivity contribution in [2.24, 2.45) is 0 Å². The van der Waals surface area contributed by atoms with Crippen LogP contribution in [0.15, 0.2) is 24.3 Å². The average Bonchev–Trinajstić information content (AvgIpc) is 2.56. The van der Waals surface area contributed by atoms with E-state index in [1.54, 1.807) is 28.4 Å². The quantitative estimate of drug-likeness (QED) is 0.870. The van der Waals surface area contributed by atoms with Crippen molar-refractivity contribution in [1.82, 2.24) is 0 Å². The van der Waals surface area contributed by atoms with Crippen LogP contribution in [0.5, 0.6) is 23.0 Å². The molecule has 0 amide bonds. The van der Waals surface area contributed by atoms with Gasteiger partial charge in [0.05, 0.1) is 28.4 Å². The standard InChI is InChI=1S/C18H23NO4/c1-11-7-13(20-3)17(14(8-11)21-4)19-18-15(22-5)9-12(2)10-16(18)23-6/h7-10,19H,1-6H3. The van der Waals surface area contributed by atoms with Crippen molar-refractivity contribution in [3.05, 3.63) is 35.4 Å². The van der Waals surface area contributed by atoms with Gasteiger partial charge in [-0.25, -0.2) is 0 Å². The SMILES string of the molecule is COc1cc(C)cc(OC)c1Nc1c(OC)cc(C)cc1OC. The number of rotatable bonds is 6. The van der Waals surface area contributed by atoms with E-state index in [2.05, 4.69) is 5.32 Å². The summed E-state index contributed by atoms with van der Waals surface area (Å²) in [5.41, 5.74) is 3.54. The molecule has 0 heterocycles. The summed E-state index contributed by atoms with van der Waals surface area (Å²) in [5.74, 6) is 2.75. The fourth-order valence-electron chi connectivity index (χ4n) is 2.46. The van der Waals surface area contributed by atoms with Gasteiger partial charge < -0.3 is 24.3 Å². The van der Waals surface area contributed by atoms with Gasteiger partial charge in [0.1, 0.15) is 34.4 Å². The Kier molecular flexibility index (Phi) is 5.21. The lowest BCUT2D eigenvalue weighted by molar-refractivity contribution is 0.393. The van der Waals surface area contributed by atoms with Crippen LogP contribution in [0.1, 0.15) is 11.1 Å². The Morgan fingerprint density at radius 3 is 1.04 bits per heavy atom. The predicted octanol–water partition coefficient (Wildman–Crippen LogP) is 4.08. The summed E-state index contributed by atoms with van der Waals surface area (Å²) in [6.45, 7) is 3.98. The zero-order valence-corrected chi connectivity index (χ0v) is 14.4. The van der Waals surface area contributed by atoms with Gasteiger partial charge in [-0.15, -0.1) is 0 Å². The first-order chi connectivity index (χ1) is 11.0. The Hall–Kier alpha value is -2.56. The molecular formula is C18H23NO4. The van der Waals surface area contributed by atoms with Gasteiger partial charge in [-0.05, 0) is 49.2 Å². The average molecular weight is 317 g/mol. The van der Waals surface area contributed by atoms with Crippen molar-refractivity contribution in [3.63, 3.8) is 0 Å². The number of hydrogen-bond donors (Lipinski definition) is 1. The van der Waals surface area contributed by atoms with Gasteiger partial charge in [0.15, 0.2) is 0 Å². The van der Waals surface area contributed by atoms with Crippen molar-refractivity contribution in [2.45, 2.75) is 13.8 Å². The fourth-order valence-corrected chi connectivity index (χ4v) is 2.46. The first kappa shape index (κ1) is 16.8. The zero-order valence-electron chi connectivity index (χ0n) is 14.4. The van der Waals surface area contributed by atoms with Crippen molar-refractivity contribution in [2.75, 3.05) is 33.8 Å². The van der Waals surface area contributed by atoms with E-state index in [-0.39, 0.29) is 0 Å². The second-order valence-electron chi connectivity index (χ2n) is 5.21. The third-order valence-corrected chi connectivity index (χ3v) is 3.55. The number of hydrogen-bond acceptors (Lipinski definition) is 5. The molecule has 0 aliphatic heterocycles.